The molecule has 1 aromatic carbocycles. The number of halogens is 2. The third-order valence-corrected chi connectivity index (χ3v) is 6.78. The molecule has 150 valence electrons. The normalized spacial score (nSPS) is 31.1. The number of nitrogens with two attached hydrogens (primary N) is 1. The van der Waals surface area contributed by atoms with Crippen LogP contribution in [-0.4, -0.2) is 36.0 Å². The zero-order chi connectivity index (χ0) is 18.1. The van der Waals surface area contributed by atoms with E-state index in [2.05, 4.69) is 10.2 Å². The second-order valence-electron chi connectivity index (χ2n) is 8.45. The summed E-state index contributed by atoms with van der Waals surface area (Å²) >= 11 is 0. The van der Waals surface area contributed by atoms with Crippen LogP contribution in [0, 0.1) is 23.6 Å². The Kier molecular flexibility index (Phi) is 6.64. The molecule has 0 radical (unpaired) electrons. The van der Waals surface area contributed by atoms with Crippen LogP contribution < -0.4 is 11.1 Å². The first-order valence-electron chi connectivity index (χ1n) is 10.2. The zero-order valence-electron chi connectivity index (χ0n) is 15.8. The summed E-state index contributed by atoms with van der Waals surface area (Å²) in [7, 11) is 0. The fourth-order valence-corrected chi connectivity index (χ4v) is 5.27. The minimum absolute atomic E-state index is 0. The van der Waals surface area contributed by atoms with Crippen LogP contribution in [0.4, 0.5) is 10.1 Å². The number of likely N-dealkylation sites (tertiary alicyclic amines) is 1. The first-order chi connectivity index (χ1) is 12.6. The summed E-state index contributed by atoms with van der Waals surface area (Å²) in [5.41, 5.74) is 7.32. The Hall–Kier alpha value is -1.33. The van der Waals surface area contributed by atoms with Gasteiger partial charge in [0.1, 0.15) is 5.82 Å². The maximum Gasteiger partial charge on any atom is 0.225 e. The lowest BCUT2D eigenvalue weighted by molar-refractivity contribution is -0.139. The third kappa shape index (κ3) is 4.57. The molecule has 1 aliphatic heterocycles. The number of anilines is 1. The zero-order valence-corrected chi connectivity index (χ0v) is 16.6. The van der Waals surface area contributed by atoms with Crippen LogP contribution in [0.3, 0.4) is 0 Å². The monoisotopic (exact) mass is 395 g/mol. The standard InChI is InChI=1S/C21H30FN3O.ClH/c22-17-4-6-18(7-5-17)24-19-8-10-25(11-9-19)21(26)16-12-14-2-1-3-15(13-16)20(14)23;/h4-7,14-16,19-20,24H,1-3,8-13,23H2;1H. The van der Waals surface area contributed by atoms with Crippen LogP contribution in [-0.2, 0) is 4.79 Å². The lowest BCUT2D eigenvalue weighted by Crippen LogP contribution is -2.51. The lowest BCUT2D eigenvalue weighted by atomic mass is 9.65. The number of benzene rings is 1. The summed E-state index contributed by atoms with van der Waals surface area (Å²) in [4.78, 5) is 15.1. The highest BCUT2D eigenvalue weighted by molar-refractivity contribution is 5.85. The van der Waals surface area contributed by atoms with Crippen molar-refractivity contribution >= 4 is 24.0 Å². The number of rotatable bonds is 3. The number of carbonyl (C=O) groups is 1. The molecule has 2 unspecified atom stereocenters. The van der Waals surface area contributed by atoms with Crippen molar-refractivity contribution in [2.24, 2.45) is 23.5 Å². The van der Waals surface area contributed by atoms with Gasteiger partial charge < -0.3 is 16.0 Å². The van der Waals surface area contributed by atoms with Gasteiger partial charge in [-0.2, -0.15) is 0 Å². The summed E-state index contributed by atoms with van der Waals surface area (Å²) in [6, 6.07) is 7.17. The molecule has 27 heavy (non-hydrogen) atoms. The molecule has 1 aromatic rings. The van der Waals surface area contributed by atoms with Crippen LogP contribution >= 0.6 is 12.4 Å². The van der Waals surface area contributed by atoms with Crippen LogP contribution in [0.1, 0.15) is 44.9 Å². The van der Waals surface area contributed by atoms with Crippen molar-refractivity contribution < 1.29 is 9.18 Å². The molecule has 1 amide bonds. The van der Waals surface area contributed by atoms with Gasteiger partial charge in [0.2, 0.25) is 5.91 Å². The molecule has 3 aliphatic rings. The molecule has 0 spiro atoms. The number of amides is 1. The molecule has 2 aliphatic carbocycles. The van der Waals surface area contributed by atoms with E-state index in [9.17, 15) is 9.18 Å². The highest BCUT2D eigenvalue weighted by Crippen LogP contribution is 2.42. The van der Waals surface area contributed by atoms with E-state index in [1.165, 1.54) is 31.4 Å². The van der Waals surface area contributed by atoms with Gasteiger partial charge in [-0.3, -0.25) is 4.79 Å². The van der Waals surface area contributed by atoms with Crippen LogP contribution in [0.15, 0.2) is 24.3 Å². The number of hydrogen-bond donors (Lipinski definition) is 2. The maximum atomic E-state index is 13.0. The number of nitrogens with one attached hydrogen (secondary N) is 1. The molecule has 2 saturated carbocycles. The van der Waals surface area contributed by atoms with E-state index in [0.29, 0.717) is 29.8 Å². The fourth-order valence-electron chi connectivity index (χ4n) is 5.27. The largest absolute Gasteiger partial charge is 0.382 e. The molecule has 1 saturated heterocycles. The summed E-state index contributed by atoms with van der Waals surface area (Å²) in [6.45, 7) is 1.63. The predicted octanol–water partition coefficient (Wildman–Crippen LogP) is 3.80. The van der Waals surface area contributed by atoms with Gasteiger partial charge in [0.15, 0.2) is 0 Å². The summed E-state index contributed by atoms with van der Waals surface area (Å²) in [6.07, 6.45) is 7.56. The molecular formula is C21H31ClFN3O. The van der Waals surface area contributed by atoms with Crippen molar-refractivity contribution in [3.63, 3.8) is 0 Å². The van der Waals surface area contributed by atoms with Crippen molar-refractivity contribution in [1.29, 1.82) is 0 Å². The van der Waals surface area contributed by atoms with Gasteiger partial charge in [0.05, 0.1) is 0 Å². The van der Waals surface area contributed by atoms with Crippen molar-refractivity contribution in [2.75, 3.05) is 18.4 Å². The Morgan fingerprint density at radius 3 is 2.22 bits per heavy atom. The van der Waals surface area contributed by atoms with E-state index >= 15 is 0 Å². The molecule has 2 bridgehead atoms. The predicted molar refractivity (Wildman–Crippen MR) is 108 cm³/mol. The van der Waals surface area contributed by atoms with Gasteiger partial charge in [-0.1, -0.05) is 6.42 Å². The highest BCUT2D eigenvalue weighted by atomic mass is 35.5. The Morgan fingerprint density at radius 2 is 1.63 bits per heavy atom. The summed E-state index contributed by atoms with van der Waals surface area (Å²) in [5.74, 6) is 1.43. The molecule has 3 fully saturated rings. The first-order valence-corrected chi connectivity index (χ1v) is 10.2. The second kappa shape index (κ2) is 8.78. The van der Waals surface area contributed by atoms with Gasteiger partial charge in [-0.25, -0.2) is 4.39 Å². The van der Waals surface area contributed by atoms with Crippen molar-refractivity contribution in [2.45, 2.75) is 57.0 Å². The van der Waals surface area contributed by atoms with Crippen molar-refractivity contribution in [3.05, 3.63) is 30.1 Å². The Bertz CT molecular complexity index is 619. The van der Waals surface area contributed by atoms with Crippen LogP contribution in [0.5, 0.6) is 0 Å². The van der Waals surface area contributed by atoms with Gasteiger partial charge in [-0.15, -0.1) is 12.4 Å². The lowest BCUT2D eigenvalue weighted by Gasteiger charge is -2.45. The average Bonchev–Trinajstić information content (AvgIpc) is 2.63. The number of nitrogens with zero attached hydrogens (tertiary/aromatic N) is 1. The Balaban J connectivity index is 0.00000210. The van der Waals surface area contributed by atoms with E-state index in [4.69, 9.17) is 5.73 Å². The molecular weight excluding hydrogens is 365 g/mol. The molecule has 3 N–H and O–H groups in total. The van der Waals surface area contributed by atoms with Gasteiger partial charge >= 0.3 is 0 Å². The minimum Gasteiger partial charge on any atom is -0.382 e. The van der Waals surface area contributed by atoms with Gasteiger partial charge in [0, 0.05) is 36.8 Å². The number of piperidine rings is 1. The molecule has 0 aromatic heterocycles. The van der Waals surface area contributed by atoms with Gasteiger partial charge in [-0.05, 0) is 74.6 Å². The minimum atomic E-state index is -0.215. The first kappa shape index (κ1) is 20.4. The smallest absolute Gasteiger partial charge is 0.225 e. The van der Waals surface area contributed by atoms with E-state index in [-0.39, 0.29) is 24.1 Å². The Labute approximate surface area is 167 Å². The van der Waals surface area contributed by atoms with Crippen LogP contribution in [0.25, 0.3) is 0 Å². The topological polar surface area (TPSA) is 58.4 Å². The fraction of sp³-hybridized carbons (Fsp3) is 0.667. The average molecular weight is 396 g/mol. The third-order valence-electron chi connectivity index (χ3n) is 6.78. The highest BCUT2D eigenvalue weighted by Gasteiger charge is 2.41. The summed E-state index contributed by atoms with van der Waals surface area (Å²) in [5, 5.41) is 3.46. The molecule has 4 nitrogen and oxygen atoms in total. The van der Waals surface area contributed by atoms with Crippen molar-refractivity contribution in [1.82, 2.24) is 4.90 Å². The number of hydrogen-bond acceptors (Lipinski definition) is 3. The molecule has 6 heteroatoms. The van der Waals surface area contributed by atoms with Crippen LogP contribution in [0.2, 0.25) is 0 Å². The van der Waals surface area contributed by atoms with E-state index in [1.54, 1.807) is 12.1 Å². The SMILES string of the molecule is Cl.NC1C2CCCC1CC(C(=O)N1CCC(Nc3ccc(F)cc3)CC1)C2. The quantitative estimate of drug-likeness (QED) is 0.818. The van der Waals surface area contributed by atoms with Gasteiger partial charge in [0.25, 0.3) is 0 Å². The molecule has 1 heterocycles. The van der Waals surface area contributed by atoms with E-state index in [1.807, 2.05) is 0 Å². The molecule has 2 atom stereocenters. The number of fused-ring (bicyclic) bond motifs is 2. The van der Waals surface area contributed by atoms with E-state index < -0.39 is 0 Å². The van der Waals surface area contributed by atoms with E-state index in [0.717, 1.165) is 44.5 Å². The Morgan fingerprint density at radius 1 is 1.04 bits per heavy atom. The number of carbonyl (C=O) groups excluding carboxylic acids is 1. The molecule has 4 rings (SSSR count). The summed E-state index contributed by atoms with van der Waals surface area (Å²) < 4.78 is 13.0. The van der Waals surface area contributed by atoms with Crippen molar-refractivity contribution in [3.8, 4) is 0 Å². The second-order valence-corrected chi connectivity index (χ2v) is 8.45. The maximum absolute atomic E-state index is 13.0.